The third kappa shape index (κ3) is 5.83. The summed E-state index contributed by atoms with van der Waals surface area (Å²) >= 11 is 0. The third-order valence-electron chi connectivity index (χ3n) is 4.83. The first-order valence-electron chi connectivity index (χ1n) is 9.96. The van der Waals surface area contributed by atoms with Crippen LogP contribution in [0.1, 0.15) is 54.6 Å². The maximum absolute atomic E-state index is 12.6. The molecular weight excluding hydrogens is 336 g/mol. The van der Waals surface area contributed by atoms with Crippen LogP contribution in [0.15, 0.2) is 48.5 Å². The Balaban J connectivity index is 1.54. The summed E-state index contributed by atoms with van der Waals surface area (Å²) in [7, 11) is 0. The van der Waals surface area contributed by atoms with Crippen LogP contribution < -0.4 is 10.1 Å². The Labute approximate surface area is 162 Å². The van der Waals surface area contributed by atoms with Crippen LogP contribution in [-0.2, 0) is 13.1 Å². The van der Waals surface area contributed by atoms with Gasteiger partial charge in [0.25, 0.3) is 5.91 Å². The number of nitrogens with one attached hydrogen (secondary N) is 1. The molecule has 0 saturated carbocycles. The summed E-state index contributed by atoms with van der Waals surface area (Å²) in [5.74, 6) is 0.519. The molecule has 0 bridgehead atoms. The Morgan fingerprint density at radius 2 is 1.67 bits per heavy atom. The summed E-state index contributed by atoms with van der Waals surface area (Å²) in [4.78, 5) is 15.1. The summed E-state index contributed by atoms with van der Waals surface area (Å²) < 4.78 is 5.74. The summed E-state index contributed by atoms with van der Waals surface area (Å²) in [5.41, 5.74) is 3.02. The van der Waals surface area contributed by atoms with E-state index in [9.17, 15) is 4.79 Å². The number of nitrogens with zero attached hydrogens (tertiary/aromatic N) is 1. The van der Waals surface area contributed by atoms with E-state index in [0.29, 0.717) is 17.9 Å². The molecule has 1 saturated heterocycles. The van der Waals surface area contributed by atoms with Crippen LogP contribution in [0.5, 0.6) is 5.75 Å². The summed E-state index contributed by atoms with van der Waals surface area (Å²) in [6.45, 7) is 7.86. The molecule has 0 atom stereocenters. The topological polar surface area (TPSA) is 41.6 Å². The minimum Gasteiger partial charge on any atom is -0.490 e. The molecule has 1 N–H and O–H groups in total. The van der Waals surface area contributed by atoms with E-state index < -0.39 is 0 Å². The van der Waals surface area contributed by atoms with E-state index >= 15 is 0 Å². The molecule has 2 aromatic rings. The average Bonchev–Trinajstić information content (AvgIpc) is 2.68. The van der Waals surface area contributed by atoms with Gasteiger partial charge in [0.1, 0.15) is 5.75 Å². The molecule has 0 aliphatic carbocycles. The normalized spacial score (nSPS) is 14.9. The predicted octanol–water partition coefficient (Wildman–Crippen LogP) is 4.39. The fraction of sp³-hybridized carbons (Fsp3) is 0.435. The predicted molar refractivity (Wildman–Crippen MR) is 109 cm³/mol. The van der Waals surface area contributed by atoms with Gasteiger partial charge in [-0.15, -0.1) is 0 Å². The molecule has 0 spiro atoms. The van der Waals surface area contributed by atoms with Crippen LogP contribution >= 0.6 is 0 Å². The monoisotopic (exact) mass is 366 g/mol. The van der Waals surface area contributed by atoms with Crippen molar-refractivity contribution >= 4 is 5.91 Å². The van der Waals surface area contributed by atoms with Crippen molar-refractivity contribution in [3.63, 3.8) is 0 Å². The van der Waals surface area contributed by atoms with Crippen LogP contribution in [0, 0.1) is 0 Å². The highest BCUT2D eigenvalue weighted by Crippen LogP contribution is 2.19. The first-order chi connectivity index (χ1) is 13.1. The Morgan fingerprint density at radius 3 is 2.37 bits per heavy atom. The molecule has 1 aliphatic rings. The number of hydrogen-bond acceptors (Lipinski definition) is 3. The molecule has 1 aliphatic heterocycles. The quantitative estimate of drug-likeness (QED) is 0.790. The smallest absolute Gasteiger partial charge is 0.255 e. The van der Waals surface area contributed by atoms with Gasteiger partial charge in [-0.1, -0.05) is 42.8 Å². The van der Waals surface area contributed by atoms with E-state index in [2.05, 4.69) is 34.5 Å². The highest BCUT2D eigenvalue weighted by atomic mass is 16.5. The number of benzene rings is 2. The molecule has 0 unspecified atom stereocenters. The molecule has 2 aromatic carbocycles. The Morgan fingerprint density at radius 1 is 1.00 bits per heavy atom. The summed E-state index contributed by atoms with van der Waals surface area (Å²) in [6.07, 6.45) is 4.02. The SMILES string of the molecule is CC(C)Oc1ccccc1C(=O)NCc1ccc(CN2CCCCC2)cc1. The van der Waals surface area contributed by atoms with Gasteiger partial charge >= 0.3 is 0 Å². The van der Waals surface area contributed by atoms with Crippen molar-refractivity contribution in [1.82, 2.24) is 10.2 Å². The molecule has 3 rings (SSSR count). The molecule has 0 radical (unpaired) electrons. The number of piperidine rings is 1. The van der Waals surface area contributed by atoms with Gasteiger partial charge in [0.2, 0.25) is 0 Å². The Hall–Kier alpha value is -2.33. The third-order valence-corrected chi connectivity index (χ3v) is 4.83. The second kappa shape index (κ2) is 9.56. The lowest BCUT2D eigenvalue weighted by Crippen LogP contribution is -2.29. The largest absolute Gasteiger partial charge is 0.490 e. The van der Waals surface area contributed by atoms with Crippen molar-refractivity contribution in [3.05, 3.63) is 65.2 Å². The van der Waals surface area contributed by atoms with Crippen molar-refractivity contribution in [1.29, 1.82) is 0 Å². The zero-order chi connectivity index (χ0) is 19.1. The number of para-hydroxylation sites is 1. The molecular formula is C23H30N2O2. The van der Waals surface area contributed by atoms with Crippen molar-refractivity contribution in [2.24, 2.45) is 0 Å². The zero-order valence-corrected chi connectivity index (χ0v) is 16.4. The second-order valence-corrected chi connectivity index (χ2v) is 7.50. The minimum atomic E-state index is -0.108. The number of ether oxygens (including phenoxy) is 1. The Kier molecular flexibility index (Phi) is 6.88. The van der Waals surface area contributed by atoms with Crippen molar-refractivity contribution < 1.29 is 9.53 Å². The fourth-order valence-electron chi connectivity index (χ4n) is 3.43. The lowest BCUT2D eigenvalue weighted by atomic mass is 10.1. The van der Waals surface area contributed by atoms with Crippen molar-refractivity contribution in [2.45, 2.75) is 52.3 Å². The lowest BCUT2D eigenvalue weighted by Gasteiger charge is -2.26. The maximum atomic E-state index is 12.6. The van der Waals surface area contributed by atoms with E-state index in [0.717, 1.165) is 12.1 Å². The van der Waals surface area contributed by atoms with Gasteiger partial charge in [-0.2, -0.15) is 0 Å². The van der Waals surface area contributed by atoms with Gasteiger partial charge in [0.15, 0.2) is 0 Å². The van der Waals surface area contributed by atoms with Gasteiger partial charge in [-0.3, -0.25) is 9.69 Å². The maximum Gasteiger partial charge on any atom is 0.255 e. The minimum absolute atomic E-state index is 0.0337. The number of carbonyl (C=O) groups excluding carboxylic acids is 1. The van der Waals surface area contributed by atoms with Gasteiger partial charge in [-0.05, 0) is 63.0 Å². The first kappa shape index (κ1) is 19.4. The van der Waals surface area contributed by atoms with Crippen LogP contribution in [0.25, 0.3) is 0 Å². The van der Waals surface area contributed by atoms with Crippen LogP contribution in [-0.4, -0.2) is 30.0 Å². The highest BCUT2D eigenvalue weighted by molar-refractivity contribution is 5.96. The number of hydrogen-bond donors (Lipinski definition) is 1. The van der Waals surface area contributed by atoms with Gasteiger partial charge in [0, 0.05) is 13.1 Å². The standard InChI is InChI=1S/C23H30N2O2/c1-18(2)27-22-9-5-4-8-21(22)23(26)24-16-19-10-12-20(13-11-19)17-25-14-6-3-7-15-25/h4-5,8-13,18H,3,6-7,14-17H2,1-2H3,(H,24,26). The van der Waals surface area contributed by atoms with Crippen LogP contribution in [0.3, 0.4) is 0 Å². The van der Waals surface area contributed by atoms with E-state index in [1.165, 1.54) is 37.9 Å². The molecule has 1 fully saturated rings. The lowest BCUT2D eigenvalue weighted by molar-refractivity contribution is 0.0945. The summed E-state index contributed by atoms with van der Waals surface area (Å²) in [5, 5.41) is 3.00. The van der Waals surface area contributed by atoms with E-state index in [-0.39, 0.29) is 12.0 Å². The molecule has 27 heavy (non-hydrogen) atoms. The molecule has 0 aromatic heterocycles. The second-order valence-electron chi connectivity index (χ2n) is 7.50. The van der Waals surface area contributed by atoms with Crippen LogP contribution in [0.2, 0.25) is 0 Å². The van der Waals surface area contributed by atoms with Crippen molar-refractivity contribution in [2.75, 3.05) is 13.1 Å². The average molecular weight is 367 g/mol. The van der Waals surface area contributed by atoms with Crippen LogP contribution in [0.4, 0.5) is 0 Å². The zero-order valence-electron chi connectivity index (χ0n) is 16.4. The fourth-order valence-corrected chi connectivity index (χ4v) is 3.43. The number of carbonyl (C=O) groups is 1. The van der Waals surface area contributed by atoms with E-state index in [1.54, 1.807) is 6.07 Å². The molecule has 4 nitrogen and oxygen atoms in total. The molecule has 4 heteroatoms. The Bertz CT molecular complexity index is 734. The first-order valence-corrected chi connectivity index (χ1v) is 9.96. The molecule has 1 heterocycles. The summed E-state index contributed by atoms with van der Waals surface area (Å²) in [6, 6.07) is 15.9. The van der Waals surface area contributed by atoms with E-state index in [4.69, 9.17) is 4.74 Å². The number of rotatable bonds is 7. The molecule has 1 amide bonds. The molecule has 144 valence electrons. The van der Waals surface area contributed by atoms with Gasteiger partial charge in [-0.25, -0.2) is 0 Å². The van der Waals surface area contributed by atoms with Gasteiger partial charge < -0.3 is 10.1 Å². The number of likely N-dealkylation sites (tertiary alicyclic amines) is 1. The highest BCUT2D eigenvalue weighted by Gasteiger charge is 2.13. The number of amides is 1. The van der Waals surface area contributed by atoms with Crippen molar-refractivity contribution in [3.8, 4) is 5.75 Å². The van der Waals surface area contributed by atoms with E-state index in [1.807, 2.05) is 32.0 Å². The van der Waals surface area contributed by atoms with Gasteiger partial charge in [0.05, 0.1) is 11.7 Å².